The monoisotopic (exact) mass is 551 g/mol. The molecule has 0 bridgehead atoms. The van der Waals surface area contributed by atoms with Crippen molar-refractivity contribution in [3.05, 3.63) is 94.2 Å². The van der Waals surface area contributed by atoms with E-state index in [1.807, 2.05) is 0 Å². The predicted molar refractivity (Wildman–Crippen MR) is 138 cm³/mol. The third-order valence-electron chi connectivity index (χ3n) is 5.53. The topological polar surface area (TPSA) is 86.8 Å². The van der Waals surface area contributed by atoms with Crippen molar-refractivity contribution < 1.29 is 22.4 Å². The van der Waals surface area contributed by atoms with E-state index >= 15 is 0 Å². The normalized spacial score (nSPS) is 12.0. The van der Waals surface area contributed by atoms with E-state index in [-0.39, 0.29) is 17.1 Å². The first-order valence-electron chi connectivity index (χ1n) is 10.8. The van der Waals surface area contributed by atoms with Crippen LogP contribution in [0.3, 0.4) is 0 Å². The molecule has 0 radical (unpaired) electrons. The first-order valence-corrected chi connectivity index (χ1v) is 13.0. The average molecular weight is 552 g/mol. The summed E-state index contributed by atoms with van der Waals surface area (Å²) in [6.45, 7) is 0.751. The highest BCUT2D eigenvalue weighted by Crippen LogP contribution is 2.28. The number of para-hydroxylation sites is 1. The minimum Gasteiger partial charge on any atom is -0.357 e. The molecule has 11 heteroatoms. The number of nitrogens with zero attached hydrogens (tertiary/aromatic N) is 2. The summed E-state index contributed by atoms with van der Waals surface area (Å²) in [5.74, 6) is -1.73. The number of rotatable bonds is 9. The smallest absolute Gasteiger partial charge is 0.264 e. The number of carbonyl (C=O) groups is 2. The number of halogens is 3. The number of anilines is 1. The molecule has 2 amide bonds. The van der Waals surface area contributed by atoms with Crippen LogP contribution < -0.4 is 9.62 Å². The number of nitrogens with one attached hydrogen (secondary N) is 1. The van der Waals surface area contributed by atoms with Crippen LogP contribution in [0.25, 0.3) is 0 Å². The lowest BCUT2D eigenvalue weighted by Gasteiger charge is -2.32. The molecular weight excluding hydrogens is 528 g/mol. The second-order valence-corrected chi connectivity index (χ2v) is 10.5. The van der Waals surface area contributed by atoms with E-state index in [2.05, 4.69) is 5.32 Å². The van der Waals surface area contributed by atoms with Gasteiger partial charge in [0.1, 0.15) is 18.4 Å². The Morgan fingerprint density at radius 2 is 1.53 bits per heavy atom. The molecule has 3 aromatic rings. The van der Waals surface area contributed by atoms with Gasteiger partial charge in [-0.25, -0.2) is 12.8 Å². The third-order valence-corrected chi connectivity index (χ3v) is 8.02. The van der Waals surface area contributed by atoms with Crippen molar-refractivity contribution in [2.45, 2.75) is 24.4 Å². The van der Waals surface area contributed by atoms with Gasteiger partial charge in [-0.1, -0.05) is 47.5 Å². The predicted octanol–water partition coefficient (Wildman–Crippen LogP) is 4.49. The lowest BCUT2D eigenvalue weighted by molar-refractivity contribution is -0.139. The summed E-state index contributed by atoms with van der Waals surface area (Å²) in [5.41, 5.74) is 0.635. The molecule has 0 unspecified atom stereocenters. The maximum atomic E-state index is 13.6. The molecular formula is C25H24Cl2FN3O4S. The number of carbonyl (C=O) groups excluding carboxylic acids is 2. The van der Waals surface area contributed by atoms with E-state index in [1.54, 1.807) is 36.4 Å². The van der Waals surface area contributed by atoms with Crippen LogP contribution in [-0.2, 0) is 26.2 Å². The van der Waals surface area contributed by atoms with Gasteiger partial charge in [0.2, 0.25) is 11.8 Å². The Morgan fingerprint density at radius 3 is 2.08 bits per heavy atom. The first kappa shape index (κ1) is 27.4. The van der Waals surface area contributed by atoms with Crippen molar-refractivity contribution in [1.29, 1.82) is 0 Å². The highest BCUT2D eigenvalue weighted by molar-refractivity contribution is 7.92. The molecule has 7 nitrogen and oxygen atoms in total. The van der Waals surface area contributed by atoms with Crippen molar-refractivity contribution in [3.63, 3.8) is 0 Å². The molecule has 0 fully saturated rings. The number of hydrogen-bond donors (Lipinski definition) is 1. The number of amides is 2. The van der Waals surface area contributed by atoms with Crippen molar-refractivity contribution in [1.82, 2.24) is 10.2 Å². The molecule has 36 heavy (non-hydrogen) atoms. The SMILES string of the molecule is CNC(=O)[C@H](C)N(Cc1c(Cl)cccc1Cl)C(=O)CN(c1ccccc1)S(=O)(=O)c1ccc(F)cc1. The molecule has 0 saturated carbocycles. The maximum Gasteiger partial charge on any atom is 0.264 e. The average Bonchev–Trinajstić information content (AvgIpc) is 2.86. The van der Waals surface area contributed by atoms with Crippen LogP contribution in [0.4, 0.5) is 10.1 Å². The van der Waals surface area contributed by atoms with Crippen molar-refractivity contribution in [3.8, 4) is 0 Å². The van der Waals surface area contributed by atoms with Crippen LogP contribution >= 0.6 is 23.2 Å². The molecule has 0 heterocycles. The Morgan fingerprint density at radius 1 is 0.944 bits per heavy atom. The quantitative estimate of drug-likeness (QED) is 0.424. The lowest BCUT2D eigenvalue weighted by Crippen LogP contribution is -2.50. The molecule has 190 valence electrons. The Hall–Kier alpha value is -3.14. The summed E-state index contributed by atoms with van der Waals surface area (Å²) in [5, 5.41) is 3.08. The minimum absolute atomic E-state index is 0.134. The van der Waals surface area contributed by atoms with Crippen molar-refractivity contribution in [2.75, 3.05) is 17.9 Å². The molecule has 1 atom stereocenters. The van der Waals surface area contributed by atoms with Crippen LogP contribution in [-0.4, -0.2) is 44.8 Å². The first-order chi connectivity index (χ1) is 17.1. The molecule has 3 rings (SSSR count). The van der Waals surface area contributed by atoms with Crippen LogP contribution in [0.1, 0.15) is 12.5 Å². The van der Waals surface area contributed by atoms with Gasteiger partial charge in [0.05, 0.1) is 10.6 Å². The van der Waals surface area contributed by atoms with E-state index in [0.717, 1.165) is 28.6 Å². The van der Waals surface area contributed by atoms with Crippen LogP contribution in [0.2, 0.25) is 10.0 Å². The molecule has 0 aliphatic carbocycles. The Labute approximate surface area is 219 Å². The Bertz CT molecular complexity index is 1320. The minimum atomic E-state index is -4.27. The summed E-state index contributed by atoms with van der Waals surface area (Å²) in [6.07, 6.45) is 0. The summed E-state index contributed by atoms with van der Waals surface area (Å²) in [7, 11) is -2.84. The molecule has 1 N–H and O–H groups in total. The molecule has 0 aliphatic heterocycles. The summed E-state index contributed by atoms with van der Waals surface area (Å²) < 4.78 is 41.5. The Kier molecular flexibility index (Phi) is 8.94. The fourth-order valence-corrected chi connectivity index (χ4v) is 5.43. The third kappa shape index (κ3) is 6.16. The largest absolute Gasteiger partial charge is 0.357 e. The van der Waals surface area contributed by atoms with Crippen LogP contribution in [0.15, 0.2) is 77.7 Å². The zero-order chi connectivity index (χ0) is 26.5. The van der Waals surface area contributed by atoms with Crippen LogP contribution in [0, 0.1) is 5.82 Å². The highest BCUT2D eigenvalue weighted by Gasteiger charge is 2.32. The van der Waals surface area contributed by atoms with Gasteiger partial charge in [-0.3, -0.25) is 13.9 Å². The molecule has 0 aromatic heterocycles. The van der Waals surface area contributed by atoms with E-state index in [9.17, 15) is 22.4 Å². The van der Waals surface area contributed by atoms with Gasteiger partial charge in [0.15, 0.2) is 0 Å². The van der Waals surface area contributed by atoms with E-state index in [4.69, 9.17) is 23.2 Å². The number of sulfonamides is 1. The maximum absolute atomic E-state index is 13.6. The van der Waals surface area contributed by atoms with Gasteiger partial charge in [-0.2, -0.15) is 0 Å². The van der Waals surface area contributed by atoms with E-state index in [1.165, 1.54) is 31.0 Å². The summed E-state index contributed by atoms with van der Waals surface area (Å²) >= 11 is 12.6. The van der Waals surface area contributed by atoms with Crippen molar-refractivity contribution >= 4 is 50.7 Å². The standard InChI is InChI=1S/C25H24Cl2FN3O4S/c1-17(25(33)29-2)30(15-21-22(26)9-6-10-23(21)27)24(32)16-31(19-7-4-3-5-8-19)36(34,35)20-13-11-18(28)12-14-20/h3-14,17H,15-16H2,1-2H3,(H,29,33)/t17-/m0/s1. The van der Waals surface area contributed by atoms with Crippen LogP contribution in [0.5, 0.6) is 0 Å². The van der Waals surface area contributed by atoms with E-state index < -0.39 is 40.2 Å². The second-order valence-electron chi connectivity index (χ2n) is 7.81. The molecule has 0 spiro atoms. The highest BCUT2D eigenvalue weighted by atomic mass is 35.5. The van der Waals surface area contributed by atoms with Crippen molar-refractivity contribution in [2.24, 2.45) is 0 Å². The molecule has 3 aromatic carbocycles. The van der Waals surface area contributed by atoms with Gasteiger partial charge in [0.25, 0.3) is 10.0 Å². The zero-order valence-electron chi connectivity index (χ0n) is 19.5. The van der Waals surface area contributed by atoms with Gasteiger partial charge in [-0.05, 0) is 55.5 Å². The van der Waals surface area contributed by atoms with Gasteiger partial charge in [0, 0.05) is 29.2 Å². The fraction of sp³-hybridized carbons (Fsp3) is 0.200. The zero-order valence-corrected chi connectivity index (χ0v) is 21.8. The number of likely N-dealkylation sites (N-methyl/N-ethyl adjacent to an activating group) is 1. The summed E-state index contributed by atoms with van der Waals surface area (Å²) in [6, 6.07) is 16.2. The Balaban J connectivity index is 2.04. The number of benzene rings is 3. The number of hydrogen-bond acceptors (Lipinski definition) is 4. The fourth-order valence-electron chi connectivity index (χ4n) is 3.50. The summed E-state index contributed by atoms with van der Waals surface area (Å²) in [4.78, 5) is 27.1. The van der Waals surface area contributed by atoms with Gasteiger partial charge in [-0.15, -0.1) is 0 Å². The molecule has 0 aliphatic rings. The van der Waals surface area contributed by atoms with Gasteiger partial charge < -0.3 is 10.2 Å². The van der Waals surface area contributed by atoms with E-state index in [0.29, 0.717) is 15.6 Å². The lowest BCUT2D eigenvalue weighted by atomic mass is 10.1. The molecule has 0 saturated heterocycles. The van der Waals surface area contributed by atoms with Gasteiger partial charge >= 0.3 is 0 Å². The second kappa shape index (κ2) is 11.7.